The van der Waals surface area contributed by atoms with Crippen molar-refractivity contribution in [3.8, 4) is 0 Å². The maximum absolute atomic E-state index is 13.4. The van der Waals surface area contributed by atoms with Crippen LogP contribution in [0, 0.1) is 0 Å². The van der Waals surface area contributed by atoms with Crippen molar-refractivity contribution in [2.75, 3.05) is 19.6 Å². The van der Waals surface area contributed by atoms with Crippen molar-refractivity contribution in [3.05, 3.63) is 112 Å². The summed E-state index contributed by atoms with van der Waals surface area (Å²) >= 11 is 1.82. The van der Waals surface area contributed by atoms with Crippen molar-refractivity contribution in [3.63, 3.8) is 0 Å². The van der Waals surface area contributed by atoms with Gasteiger partial charge in [0.15, 0.2) is 0 Å². The molecule has 1 aliphatic rings. The number of nitrogens with zero attached hydrogens (tertiary/aromatic N) is 2. The molecule has 194 valence electrons. The van der Waals surface area contributed by atoms with E-state index in [1.165, 1.54) is 5.56 Å². The van der Waals surface area contributed by atoms with Crippen LogP contribution >= 0.6 is 9.69 Å². The van der Waals surface area contributed by atoms with Gasteiger partial charge >= 0.3 is 27.0 Å². The number of piperidine rings is 1. The van der Waals surface area contributed by atoms with E-state index in [-0.39, 0.29) is 6.04 Å². The van der Waals surface area contributed by atoms with Crippen LogP contribution < -0.4 is 5.32 Å². The molecule has 3 aromatic carbocycles. The van der Waals surface area contributed by atoms with E-state index in [0.29, 0.717) is 13.1 Å². The second-order valence-electron chi connectivity index (χ2n) is 8.83. The second-order valence-corrected chi connectivity index (χ2v) is 10.5. The third kappa shape index (κ3) is 8.76. The van der Waals surface area contributed by atoms with Gasteiger partial charge in [0.1, 0.15) is 10.2 Å². The van der Waals surface area contributed by atoms with E-state index in [4.69, 9.17) is 0 Å². The standard InChI is InChI=1S/C28H34N3O2S.ClH.Ru/c32-34(33,31-22-11-4-12-23-31)30-28(26-19-9-3-10-20-26)27(25-17-7-2-8-18-25)29-21-13-16-24-14-5-1-6-15-24;;/h1-3,5-10,14-15,17-20,27-29H,4,11-13,16,21-23H2;1H;/q-1;;+2/p-1/t27-,28-;;/m0../s1. The van der Waals surface area contributed by atoms with Gasteiger partial charge in [0, 0.05) is 19.1 Å². The van der Waals surface area contributed by atoms with Gasteiger partial charge in [-0.25, -0.2) is 12.7 Å². The second kappa shape index (κ2) is 15.6. The Kier molecular flexibility index (Phi) is 12.6. The fourth-order valence-corrected chi connectivity index (χ4v) is 5.92. The normalized spacial score (nSPS) is 15.9. The molecule has 0 amide bonds. The summed E-state index contributed by atoms with van der Waals surface area (Å²) in [6.45, 7) is 1.86. The fraction of sp³-hybridized carbons (Fsp3) is 0.357. The van der Waals surface area contributed by atoms with Gasteiger partial charge in [0.25, 0.3) is 0 Å². The molecule has 4 rings (SSSR count). The number of hydrogen-bond donors (Lipinski definition) is 1. The molecular weight excluding hydrogens is 579 g/mol. The van der Waals surface area contributed by atoms with E-state index in [9.17, 15) is 8.42 Å². The van der Waals surface area contributed by atoms with Crippen LogP contribution in [-0.4, -0.2) is 32.4 Å². The van der Waals surface area contributed by atoms with Crippen molar-refractivity contribution in [2.24, 2.45) is 0 Å². The van der Waals surface area contributed by atoms with E-state index in [1.54, 1.807) is 4.31 Å². The molecule has 36 heavy (non-hydrogen) atoms. The predicted molar refractivity (Wildman–Crippen MR) is 145 cm³/mol. The Balaban J connectivity index is 0.00000176. The van der Waals surface area contributed by atoms with Crippen molar-refractivity contribution in [1.82, 2.24) is 9.62 Å². The third-order valence-corrected chi connectivity index (χ3v) is 7.86. The molecule has 5 nitrogen and oxygen atoms in total. The summed E-state index contributed by atoms with van der Waals surface area (Å²) in [5, 5.41) is 3.65. The summed E-state index contributed by atoms with van der Waals surface area (Å²) in [4.78, 5) is 0. The molecule has 3 aromatic rings. The summed E-state index contributed by atoms with van der Waals surface area (Å²) in [6, 6.07) is 29.5. The van der Waals surface area contributed by atoms with Crippen molar-refractivity contribution in [2.45, 2.75) is 44.2 Å². The molecule has 1 aliphatic heterocycles. The first-order valence-electron chi connectivity index (χ1n) is 12.4. The summed E-state index contributed by atoms with van der Waals surface area (Å²) in [6.07, 6.45) is 4.78. The summed E-state index contributed by atoms with van der Waals surface area (Å²) in [5.74, 6) is 0. The van der Waals surface area contributed by atoms with Crippen molar-refractivity contribution >= 4 is 19.9 Å². The Morgan fingerprint density at radius 2 is 1.33 bits per heavy atom. The van der Waals surface area contributed by atoms with Gasteiger partial charge in [-0.3, -0.25) is 0 Å². The molecule has 2 atom stereocenters. The molecule has 0 unspecified atom stereocenters. The fourth-order valence-electron chi connectivity index (χ4n) is 4.54. The number of rotatable bonds is 11. The third-order valence-electron chi connectivity index (χ3n) is 6.35. The summed E-state index contributed by atoms with van der Waals surface area (Å²) in [5.41, 5.74) is 3.23. The van der Waals surface area contributed by atoms with E-state index in [0.717, 1.165) is 49.8 Å². The Hall–Kier alpha value is -1.60. The zero-order valence-corrected chi connectivity index (χ0v) is 23.6. The molecule has 0 saturated carbocycles. The molecule has 0 aliphatic carbocycles. The van der Waals surface area contributed by atoms with Crippen LogP contribution in [-0.2, 0) is 33.9 Å². The average molecular weight is 613 g/mol. The van der Waals surface area contributed by atoms with Gasteiger partial charge in [-0.1, -0.05) is 109 Å². The quantitative estimate of drug-likeness (QED) is 0.199. The number of nitrogens with one attached hydrogen (secondary N) is 1. The number of halogens is 1. The SMILES string of the molecule is O=S(=O)([N-][C@@H](c1ccccc1)[C@@H](NCCCc1ccccc1)c1ccccc1)N1CCCCC1.[Cl][Ru+]. The topological polar surface area (TPSA) is 63.5 Å². The van der Waals surface area contributed by atoms with Crippen LogP contribution in [0.4, 0.5) is 0 Å². The first-order chi connectivity index (χ1) is 17.6. The van der Waals surface area contributed by atoms with Gasteiger partial charge in [-0.05, 0) is 43.4 Å². The Morgan fingerprint density at radius 1 is 0.806 bits per heavy atom. The Bertz CT molecular complexity index is 1100. The maximum atomic E-state index is 13.4. The molecular formula is C28H34ClN3O2RuS. The molecule has 1 fully saturated rings. The Morgan fingerprint density at radius 3 is 1.92 bits per heavy atom. The monoisotopic (exact) mass is 613 g/mol. The molecule has 1 heterocycles. The molecule has 0 aromatic heterocycles. The van der Waals surface area contributed by atoms with Crippen molar-refractivity contribution in [1.29, 1.82) is 0 Å². The van der Waals surface area contributed by atoms with E-state index >= 15 is 0 Å². The van der Waals surface area contributed by atoms with Crippen LogP contribution in [0.25, 0.3) is 4.72 Å². The molecule has 1 saturated heterocycles. The predicted octanol–water partition coefficient (Wildman–Crippen LogP) is 6.48. The first-order valence-corrected chi connectivity index (χ1v) is 16.0. The summed E-state index contributed by atoms with van der Waals surface area (Å²) < 4.78 is 32.8. The molecule has 8 heteroatoms. The van der Waals surface area contributed by atoms with E-state index in [1.807, 2.05) is 84.0 Å². The minimum absolute atomic E-state index is 0.251. The first kappa shape index (κ1) is 29.0. The van der Waals surface area contributed by atoms with Crippen LogP contribution in [0.2, 0.25) is 0 Å². The molecule has 0 radical (unpaired) electrons. The zero-order valence-electron chi connectivity index (χ0n) is 20.3. The average Bonchev–Trinajstić information content (AvgIpc) is 2.95. The van der Waals surface area contributed by atoms with Crippen LogP contribution in [0.1, 0.15) is 54.5 Å². The minimum atomic E-state index is -3.74. The van der Waals surface area contributed by atoms with Crippen LogP contribution in [0.3, 0.4) is 0 Å². The van der Waals surface area contributed by atoms with Crippen molar-refractivity contribution < 1.29 is 25.7 Å². The van der Waals surface area contributed by atoms with Gasteiger partial charge < -0.3 is 10.0 Å². The van der Waals surface area contributed by atoms with Gasteiger partial charge in [0.05, 0.1) is 0 Å². The van der Waals surface area contributed by atoms with Gasteiger partial charge in [0.2, 0.25) is 0 Å². The molecule has 0 bridgehead atoms. The molecule has 1 N–H and O–H groups in total. The Labute approximate surface area is 230 Å². The van der Waals surface area contributed by atoms with E-state index < -0.39 is 16.3 Å². The van der Waals surface area contributed by atoms with Gasteiger partial charge in [-0.15, -0.1) is 0 Å². The number of hydrogen-bond acceptors (Lipinski definition) is 3. The number of aryl methyl sites for hydroxylation is 1. The number of benzene rings is 3. The van der Waals surface area contributed by atoms with E-state index in [2.05, 4.69) is 44.0 Å². The zero-order chi connectivity index (χ0) is 25.6. The van der Waals surface area contributed by atoms with Gasteiger partial charge in [-0.2, -0.15) is 0 Å². The van der Waals surface area contributed by atoms with Crippen LogP contribution in [0.15, 0.2) is 91.0 Å². The molecule has 0 spiro atoms. The van der Waals surface area contributed by atoms with Crippen LogP contribution in [0.5, 0.6) is 0 Å². The summed E-state index contributed by atoms with van der Waals surface area (Å²) in [7, 11) is 0.830.